The van der Waals surface area contributed by atoms with Crippen molar-refractivity contribution in [1.82, 2.24) is 9.97 Å². The first-order valence-corrected chi connectivity index (χ1v) is 8.06. The van der Waals surface area contributed by atoms with Crippen LogP contribution < -0.4 is 5.56 Å². The predicted octanol–water partition coefficient (Wildman–Crippen LogP) is 3.34. The number of aromatic nitrogens is 2. The number of carbonyl (C=O) groups is 1. The topological polar surface area (TPSA) is 83.0 Å². The summed E-state index contributed by atoms with van der Waals surface area (Å²) in [6, 6.07) is 7.72. The minimum Gasteiger partial charge on any atom is -0.477 e. The van der Waals surface area contributed by atoms with Crippen LogP contribution in [0.15, 0.2) is 33.5 Å². The van der Waals surface area contributed by atoms with Crippen LogP contribution in [0.5, 0.6) is 0 Å². The van der Waals surface area contributed by atoms with E-state index >= 15 is 0 Å². The number of nitrogens with one attached hydrogen (secondary N) is 1. The first-order chi connectivity index (χ1) is 10.5. The zero-order chi connectivity index (χ0) is 15.9. The fourth-order valence-electron chi connectivity index (χ4n) is 2.27. The van der Waals surface area contributed by atoms with Gasteiger partial charge < -0.3 is 10.1 Å². The SMILES string of the molecule is Cc1c(C(=O)O)sc2nc(Cc3ccc(Br)cc3)[nH]c(=O)c12. The number of H-pyrrole nitrogens is 1. The van der Waals surface area contributed by atoms with Crippen molar-refractivity contribution in [2.45, 2.75) is 13.3 Å². The number of aromatic carboxylic acids is 1. The van der Waals surface area contributed by atoms with Crippen LogP contribution in [0, 0.1) is 6.92 Å². The molecule has 0 radical (unpaired) electrons. The third-order valence-corrected chi connectivity index (χ3v) is 5.03. The van der Waals surface area contributed by atoms with Crippen molar-refractivity contribution in [1.29, 1.82) is 0 Å². The van der Waals surface area contributed by atoms with Gasteiger partial charge >= 0.3 is 5.97 Å². The number of benzene rings is 1. The number of carboxylic acids is 1. The van der Waals surface area contributed by atoms with E-state index in [0.717, 1.165) is 21.4 Å². The summed E-state index contributed by atoms with van der Waals surface area (Å²) in [6.45, 7) is 1.63. The van der Waals surface area contributed by atoms with E-state index in [2.05, 4.69) is 25.9 Å². The summed E-state index contributed by atoms with van der Waals surface area (Å²) in [4.78, 5) is 31.2. The second kappa shape index (κ2) is 5.66. The number of carboxylic acid groups (broad SMARTS) is 1. The zero-order valence-corrected chi connectivity index (χ0v) is 13.9. The van der Waals surface area contributed by atoms with Crippen molar-refractivity contribution in [3.63, 3.8) is 0 Å². The highest BCUT2D eigenvalue weighted by atomic mass is 79.9. The van der Waals surface area contributed by atoms with Gasteiger partial charge in [0.05, 0.1) is 5.39 Å². The summed E-state index contributed by atoms with van der Waals surface area (Å²) in [5.74, 6) is -0.507. The fourth-order valence-corrected chi connectivity index (χ4v) is 3.58. The quantitative estimate of drug-likeness (QED) is 0.731. The van der Waals surface area contributed by atoms with E-state index in [0.29, 0.717) is 28.0 Å². The molecule has 3 aromatic rings. The Morgan fingerprint density at radius 3 is 2.68 bits per heavy atom. The molecule has 0 saturated heterocycles. The molecule has 0 aliphatic heterocycles. The zero-order valence-electron chi connectivity index (χ0n) is 11.5. The fraction of sp³-hybridized carbons (Fsp3) is 0.133. The second-order valence-corrected chi connectivity index (χ2v) is 6.77. The van der Waals surface area contributed by atoms with E-state index in [1.807, 2.05) is 24.3 Å². The summed E-state index contributed by atoms with van der Waals surface area (Å²) in [6.07, 6.45) is 0.484. The van der Waals surface area contributed by atoms with Crippen molar-refractivity contribution in [3.8, 4) is 0 Å². The average molecular weight is 379 g/mol. The van der Waals surface area contributed by atoms with Crippen LogP contribution in [-0.2, 0) is 6.42 Å². The highest BCUT2D eigenvalue weighted by molar-refractivity contribution is 9.10. The number of fused-ring (bicyclic) bond motifs is 1. The minimum atomic E-state index is -1.03. The van der Waals surface area contributed by atoms with Gasteiger partial charge in [-0.3, -0.25) is 4.79 Å². The molecule has 0 aliphatic rings. The largest absolute Gasteiger partial charge is 0.477 e. The Hall–Kier alpha value is -1.99. The van der Waals surface area contributed by atoms with E-state index in [9.17, 15) is 9.59 Å². The molecule has 7 heteroatoms. The molecule has 0 fully saturated rings. The van der Waals surface area contributed by atoms with E-state index in [1.165, 1.54) is 0 Å². The van der Waals surface area contributed by atoms with E-state index in [1.54, 1.807) is 6.92 Å². The summed E-state index contributed by atoms with van der Waals surface area (Å²) in [7, 11) is 0. The van der Waals surface area contributed by atoms with Crippen molar-refractivity contribution in [2.24, 2.45) is 0 Å². The molecule has 0 spiro atoms. The van der Waals surface area contributed by atoms with Gasteiger partial charge in [0.25, 0.3) is 5.56 Å². The average Bonchev–Trinajstić information content (AvgIpc) is 2.79. The monoisotopic (exact) mass is 378 g/mol. The van der Waals surface area contributed by atoms with E-state index in [-0.39, 0.29) is 10.4 Å². The Labute approximate surface area is 137 Å². The molecule has 0 unspecified atom stereocenters. The van der Waals surface area contributed by atoms with Crippen LogP contribution in [0.1, 0.15) is 26.6 Å². The lowest BCUT2D eigenvalue weighted by Crippen LogP contribution is -2.12. The molecule has 112 valence electrons. The van der Waals surface area contributed by atoms with Gasteiger partial charge in [0.1, 0.15) is 15.5 Å². The Balaban J connectivity index is 2.07. The number of aryl methyl sites for hydroxylation is 1. The second-order valence-electron chi connectivity index (χ2n) is 4.86. The highest BCUT2D eigenvalue weighted by Gasteiger charge is 2.18. The Kier molecular flexibility index (Phi) is 3.84. The van der Waals surface area contributed by atoms with Gasteiger partial charge in [0.2, 0.25) is 0 Å². The van der Waals surface area contributed by atoms with Gasteiger partial charge in [-0.25, -0.2) is 9.78 Å². The Bertz CT molecular complexity index is 928. The lowest BCUT2D eigenvalue weighted by molar-refractivity contribution is 0.0701. The molecule has 1 aromatic carbocycles. The van der Waals surface area contributed by atoms with Crippen LogP contribution in [0.3, 0.4) is 0 Å². The van der Waals surface area contributed by atoms with Crippen molar-refractivity contribution in [2.75, 3.05) is 0 Å². The molecule has 5 nitrogen and oxygen atoms in total. The van der Waals surface area contributed by atoms with Gasteiger partial charge in [-0.1, -0.05) is 28.1 Å². The maximum Gasteiger partial charge on any atom is 0.346 e. The first kappa shape index (κ1) is 14.9. The Morgan fingerprint density at radius 1 is 1.36 bits per heavy atom. The summed E-state index contributed by atoms with van der Waals surface area (Å²) in [5, 5.41) is 9.52. The lowest BCUT2D eigenvalue weighted by atomic mass is 10.1. The first-order valence-electron chi connectivity index (χ1n) is 6.45. The van der Waals surface area contributed by atoms with E-state index in [4.69, 9.17) is 5.11 Å². The third kappa shape index (κ3) is 2.69. The van der Waals surface area contributed by atoms with Crippen LogP contribution in [-0.4, -0.2) is 21.0 Å². The molecule has 3 rings (SSSR count). The molecule has 2 aromatic heterocycles. The van der Waals surface area contributed by atoms with Crippen LogP contribution in [0.25, 0.3) is 10.2 Å². The maximum atomic E-state index is 12.2. The van der Waals surface area contributed by atoms with Crippen LogP contribution in [0.4, 0.5) is 0 Å². The molecule has 22 heavy (non-hydrogen) atoms. The number of aromatic amines is 1. The number of hydrogen-bond acceptors (Lipinski definition) is 4. The minimum absolute atomic E-state index is 0.161. The standard InChI is InChI=1S/C15H11BrN2O3S/c1-7-11-13(19)17-10(6-8-2-4-9(16)5-3-8)18-14(11)22-12(7)15(20)21/h2-5H,6H2,1H3,(H,20,21)(H,17,18,19). The summed E-state index contributed by atoms with van der Waals surface area (Å²) in [5.41, 5.74) is 1.19. The molecule has 0 saturated carbocycles. The van der Waals surface area contributed by atoms with Crippen molar-refractivity contribution in [3.05, 3.63) is 60.9 Å². The molecule has 0 amide bonds. The Morgan fingerprint density at radius 2 is 2.05 bits per heavy atom. The number of halogens is 1. The van der Waals surface area contributed by atoms with Gasteiger partial charge in [0.15, 0.2) is 0 Å². The molecule has 0 bridgehead atoms. The predicted molar refractivity (Wildman–Crippen MR) is 88.9 cm³/mol. The molecule has 2 N–H and O–H groups in total. The number of hydrogen-bond donors (Lipinski definition) is 2. The third-order valence-electron chi connectivity index (χ3n) is 3.33. The lowest BCUT2D eigenvalue weighted by Gasteiger charge is -2.02. The van der Waals surface area contributed by atoms with Crippen LogP contribution in [0.2, 0.25) is 0 Å². The maximum absolute atomic E-state index is 12.2. The molecule has 0 atom stereocenters. The smallest absolute Gasteiger partial charge is 0.346 e. The molecular weight excluding hydrogens is 368 g/mol. The highest BCUT2D eigenvalue weighted by Crippen LogP contribution is 2.27. The van der Waals surface area contributed by atoms with Gasteiger partial charge in [-0.2, -0.15) is 0 Å². The summed E-state index contributed by atoms with van der Waals surface area (Å²) < 4.78 is 0.980. The van der Waals surface area contributed by atoms with Crippen LogP contribution >= 0.6 is 27.3 Å². The summed E-state index contributed by atoms with van der Waals surface area (Å²) >= 11 is 4.41. The number of nitrogens with zero attached hydrogens (tertiary/aromatic N) is 1. The van der Waals surface area contributed by atoms with Crippen molar-refractivity contribution < 1.29 is 9.90 Å². The normalized spacial score (nSPS) is 11.0. The molecule has 0 aliphatic carbocycles. The number of rotatable bonds is 3. The van der Waals surface area contributed by atoms with Gasteiger partial charge in [-0.15, -0.1) is 11.3 Å². The number of thiophene rings is 1. The molecule has 2 heterocycles. The van der Waals surface area contributed by atoms with Gasteiger partial charge in [0, 0.05) is 10.9 Å². The van der Waals surface area contributed by atoms with Crippen molar-refractivity contribution >= 4 is 43.5 Å². The molecular formula is C15H11BrN2O3S. The van der Waals surface area contributed by atoms with Gasteiger partial charge in [-0.05, 0) is 30.2 Å². The van der Waals surface area contributed by atoms with E-state index < -0.39 is 5.97 Å².